The summed E-state index contributed by atoms with van der Waals surface area (Å²) >= 11 is 6.01. The van der Waals surface area contributed by atoms with Crippen LogP contribution in [-0.2, 0) is 11.3 Å². The number of aromatic nitrogens is 1. The average Bonchev–Trinajstić information content (AvgIpc) is 2.86. The quantitative estimate of drug-likeness (QED) is 0.571. The van der Waals surface area contributed by atoms with Gasteiger partial charge in [0.05, 0.1) is 18.8 Å². The molecule has 3 rings (SSSR count). The number of pyridine rings is 1. The molecular formula is C23H26ClF2N5O3. The van der Waals surface area contributed by atoms with Crippen LogP contribution in [0.4, 0.5) is 19.3 Å². The zero-order chi connectivity index (χ0) is 24.7. The molecule has 0 unspecified atom stereocenters. The lowest BCUT2D eigenvalue weighted by molar-refractivity contribution is -0.131. The molecular weight excluding hydrogens is 468 g/mol. The largest absolute Gasteiger partial charge is 0.344 e. The number of anilines is 1. The van der Waals surface area contributed by atoms with Crippen molar-refractivity contribution in [2.75, 3.05) is 44.2 Å². The third kappa shape index (κ3) is 6.71. The summed E-state index contributed by atoms with van der Waals surface area (Å²) < 4.78 is 24.5. The minimum atomic E-state index is -3.19. The van der Waals surface area contributed by atoms with E-state index in [1.165, 1.54) is 12.3 Å². The predicted octanol–water partition coefficient (Wildman–Crippen LogP) is 3.06. The zero-order valence-corrected chi connectivity index (χ0v) is 19.5. The van der Waals surface area contributed by atoms with E-state index in [9.17, 15) is 23.2 Å². The Morgan fingerprint density at radius 3 is 2.32 bits per heavy atom. The summed E-state index contributed by atoms with van der Waals surface area (Å²) in [5.74, 6) is -2.05. The first kappa shape index (κ1) is 25.5. The lowest BCUT2D eigenvalue weighted by atomic mass is 10.1. The minimum absolute atomic E-state index is 0.158. The molecule has 0 aliphatic carbocycles. The van der Waals surface area contributed by atoms with Gasteiger partial charge >= 0.3 is 12.5 Å². The van der Waals surface area contributed by atoms with Crippen molar-refractivity contribution in [3.05, 3.63) is 58.9 Å². The van der Waals surface area contributed by atoms with Crippen LogP contribution in [0.2, 0.25) is 5.02 Å². The molecule has 1 aromatic heterocycles. The number of nitrogens with zero attached hydrogens (tertiary/aromatic N) is 4. The smallest absolute Gasteiger partial charge is 0.324 e. The molecule has 182 valence electrons. The fraction of sp³-hybridized carbons (Fsp3) is 0.391. The average molecular weight is 494 g/mol. The van der Waals surface area contributed by atoms with Crippen LogP contribution in [0.1, 0.15) is 23.0 Å². The molecule has 0 radical (unpaired) electrons. The van der Waals surface area contributed by atoms with Crippen molar-refractivity contribution in [3.63, 3.8) is 0 Å². The Labute approximate surface area is 201 Å². The fourth-order valence-corrected chi connectivity index (χ4v) is 3.63. The van der Waals surface area contributed by atoms with Crippen LogP contribution in [0.5, 0.6) is 0 Å². The van der Waals surface area contributed by atoms with Gasteiger partial charge in [-0.3, -0.25) is 19.5 Å². The van der Waals surface area contributed by atoms with Crippen LogP contribution in [-0.4, -0.2) is 78.2 Å². The third-order valence-electron chi connectivity index (χ3n) is 5.55. The molecule has 34 heavy (non-hydrogen) atoms. The monoisotopic (exact) mass is 493 g/mol. The van der Waals surface area contributed by atoms with Gasteiger partial charge in [0.2, 0.25) is 0 Å². The second-order valence-electron chi connectivity index (χ2n) is 7.75. The van der Waals surface area contributed by atoms with Crippen LogP contribution in [0, 0.1) is 0 Å². The number of hydrogen-bond donors (Lipinski definition) is 1. The van der Waals surface area contributed by atoms with Gasteiger partial charge in [-0.25, -0.2) is 4.79 Å². The lowest BCUT2D eigenvalue weighted by Gasteiger charge is -2.37. The van der Waals surface area contributed by atoms with E-state index < -0.39 is 24.7 Å². The van der Waals surface area contributed by atoms with E-state index in [0.29, 0.717) is 29.5 Å². The number of amides is 3. The zero-order valence-electron chi connectivity index (χ0n) is 18.7. The van der Waals surface area contributed by atoms with Gasteiger partial charge < -0.3 is 15.1 Å². The van der Waals surface area contributed by atoms with Gasteiger partial charge in [-0.05, 0) is 42.9 Å². The van der Waals surface area contributed by atoms with Crippen LogP contribution >= 0.6 is 11.6 Å². The van der Waals surface area contributed by atoms with Crippen molar-refractivity contribution in [1.29, 1.82) is 0 Å². The number of halogens is 3. The maximum absolute atomic E-state index is 13.4. The predicted molar refractivity (Wildman–Crippen MR) is 124 cm³/mol. The van der Waals surface area contributed by atoms with E-state index in [1.54, 1.807) is 40.1 Å². The molecule has 1 fully saturated rings. The molecule has 8 nitrogen and oxygen atoms in total. The van der Waals surface area contributed by atoms with E-state index in [4.69, 9.17) is 11.6 Å². The third-order valence-corrected chi connectivity index (χ3v) is 5.80. The maximum atomic E-state index is 13.4. The van der Waals surface area contributed by atoms with Gasteiger partial charge in [0.15, 0.2) is 5.78 Å². The summed E-state index contributed by atoms with van der Waals surface area (Å²) in [5.41, 5.74) is 1.35. The summed E-state index contributed by atoms with van der Waals surface area (Å²) in [4.78, 5) is 46.4. The van der Waals surface area contributed by atoms with Gasteiger partial charge in [0.1, 0.15) is 0 Å². The Morgan fingerprint density at radius 1 is 1.09 bits per heavy atom. The lowest BCUT2D eigenvalue weighted by Crippen LogP contribution is -2.52. The van der Waals surface area contributed by atoms with Crippen LogP contribution < -0.4 is 10.2 Å². The number of nitrogens with one attached hydrogen (secondary N) is 1. The van der Waals surface area contributed by atoms with E-state index in [2.05, 4.69) is 16.8 Å². The Balaban J connectivity index is 1.72. The number of alkyl halides is 2. The molecule has 2 aromatic rings. The first-order chi connectivity index (χ1) is 16.3. The highest BCUT2D eigenvalue weighted by Crippen LogP contribution is 2.22. The Kier molecular flexibility index (Phi) is 8.89. The summed E-state index contributed by atoms with van der Waals surface area (Å²) in [5, 5.41) is 2.42. The number of benzene rings is 1. The molecule has 3 amide bonds. The highest BCUT2D eigenvalue weighted by molar-refractivity contribution is 6.30. The minimum Gasteiger partial charge on any atom is -0.344 e. The molecule has 0 spiro atoms. The van der Waals surface area contributed by atoms with E-state index in [-0.39, 0.29) is 18.1 Å². The molecule has 0 bridgehead atoms. The molecule has 2 heterocycles. The topological polar surface area (TPSA) is 85.9 Å². The molecule has 1 aliphatic rings. The van der Waals surface area contributed by atoms with Gasteiger partial charge in [-0.1, -0.05) is 18.5 Å². The van der Waals surface area contributed by atoms with Crippen LogP contribution in [0.15, 0.2) is 42.6 Å². The van der Waals surface area contributed by atoms with E-state index >= 15 is 0 Å². The fourth-order valence-electron chi connectivity index (χ4n) is 3.51. The van der Waals surface area contributed by atoms with Crippen molar-refractivity contribution in [2.45, 2.75) is 19.9 Å². The number of carbonyl (C=O) groups is 3. The summed E-state index contributed by atoms with van der Waals surface area (Å²) in [6.07, 6.45) is -1.88. The number of piperazine rings is 1. The number of carbonyl (C=O) groups excluding carboxylic acids is 3. The van der Waals surface area contributed by atoms with Crippen molar-refractivity contribution in [1.82, 2.24) is 20.1 Å². The number of likely N-dealkylation sites (N-methyl/N-ethyl adjacent to an activating group) is 1. The normalized spacial score (nSPS) is 14.2. The molecule has 11 heteroatoms. The summed E-state index contributed by atoms with van der Waals surface area (Å²) in [6.45, 7) is 5.45. The van der Waals surface area contributed by atoms with Crippen molar-refractivity contribution in [3.8, 4) is 0 Å². The molecule has 1 aliphatic heterocycles. The number of ketones is 1. The van der Waals surface area contributed by atoms with Crippen LogP contribution in [0.3, 0.4) is 0 Å². The van der Waals surface area contributed by atoms with Crippen molar-refractivity contribution >= 4 is 35.0 Å². The molecule has 0 saturated carbocycles. The standard InChI is InChI=1S/C23H26ClF2N5O3/c1-2-29-9-11-30(12-10-29)23(34)31(19-7-4-17(24)5-8-19)15-18-6-3-16(13-27-18)20(32)14-28-22(33)21(25)26/h3-8,13,21H,2,9-12,14-15H2,1H3,(H,28,33). The van der Waals surface area contributed by atoms with Gasteiger partial charge in [-0.2, -0.15) is 8.78 Å². The Morgan fingerprint density at radius 2 is 1.76 bits per heavy atom. The van der Waals surface area contributed by atoms with Gasteiger partial charge in [0, 0.05) is 48.6 Å². The molecule has 1 saturated heterocycles. The maximum Gasteiger partial charge on any atom is 0.324 e. The number of rotatable bonds is 8. The van der Waals surface area contributed by atoms with E-state index in [1.807, 2.05) is 5.32 Å². The molecule has 1 N–H and O–H groups in total. The van der Waals surface area contributed by atoms with Gasteiger partial charge in [0.25, 0.3) is 5.91 Å². The SMILES string of the molecule is CCN1CCN(C(=O)N(Cc2ccc(C(=O)CNC(=O)C(F)F)cn2)c2ccc(Cl)cc2)CC1. The first-order valence-electron chi connectivity index (χ1n) is 10.9. The number of Topliss-reactive ketones (excluding diaryl/α,β-unsaturated/α-hetero) is 1. The van der Waals surface area contributed by atoms with Gasteiger partial charge in [-0.15, -0.1) is 0 Å². The second kappa shape index (κ2) is 11.8. The molecule has 0 atom stereocenters. The number of urea groups is 1. The number of hydrogen-bond acceptors (Lipinski definition) is 5. The summed E-state index contributed by atoms with van der Waals surface area (Å²) in [7, 11) is 0. The highest BCUT2D eigenvalue weighted by atomic mass is 35.5. The first-order valence-corrected chi connectivity index (χ1v) is 11.2. The Hall–Kier alpha value is -3.11. The van der Waals surface area contributed by atoms with E-state index in [0.717, 1.165) is 19.6 Å². The van der Waals surface area contributed by atoms with Crippen molar-refractivity contribution < 1.29 is 23.2 Å². The second-order valence-corrected chi connectivity index (χ2v) is 8.18. The molecule has 1 aromatic carbocycles. The Bertz CT molecular complexity index is 997. The van der Waals surface area contributed by atoms with Crippen LogP contribution in [0.25, 0.3) is 0 Å². The van der Waals surface area contributed by atoms with Crippen molar-refractivity contribution in [2.24, 2.45) is 0 Å². The summed E-state index contributed by atoms with van der Waals surface area (Å²) in [6, 6.07) is 9.84. The highest BCUT2D eigenvalue weighted by Gasteiger charge is 2.26.